The van der Waals surface area contributed by atoms with Crippen LogP contribution in [-0.2, 0) is 0 Å². The van der Waals surface area contributed by atoms with E-state index in [2.05, 4.69) is 10.1 Å². The average Bonchev–Trinajstić information content (AvgIpc) is 3.38. The van der Waals surface area contributed by atoms with Gasteiger partial charge in [-0.3, -0.25) is 19.8 Å². The molecule has 0 bridgehead atoms. The van der Waals surface area contributed by atoms with E-state index >= 15 is 0 Å². The third-order valence-electron chi connectivity index (χ3n) is 6.05. The first-order valence-corrected chi connectivity index (χ1v) is 10.7. The highest BCUT2D eigenvalue weighted by molar-refractivity contribution is 6.06. The van der Waals surface area contributed by atoms with Crippen LogP contribution >= 0.6 is 0 Å². The quantitative estimate of drug-likeness (QED) is 0.322. The average molecular weight is 455 g/mol. The predicted molar refractivity (Wildman–Crippen MR) is 125 cm³/mol. The van der Waals surface area contributed by atoms with Crippen molar-refractivity contribution in [2.45, 2.75) is 18.5 Å². The first-order valence-electron chi connectivity index (χ1n) is 10.7. The molecule has 0 unspecified atom stereocenters. The maximum absolute atomic E-state index is 13.7. The standard InChI is InChI=1S/C25H21N5O4/c1-34-21-13-9-18(10-14-21)23-15-22(17-5-3-2-4-6-17)28(25-26-16-27-29(23)25)24(31)19-7-11-20(12-8-19)30(32)33/h2-14,16,22-23H,15H2,1H3/t22-,23+/m0/s1. The summed E-state index contributed by atoms with van der Waals surface area (Å²) < 4.78 is 7.05. The highest BCUT2D eigenvalue weighted by atomic mass is 16.6. The van der Waals surface area contributed by atoms with E-state index < -0.39 is 4.92 Å². The molecular weight excluding hydrogens is 434 g/mol. The van der Waals surface area contributed by atoms with Crippen LogP contribution in [-0.4, -0.2) is 32.7 Å². The van der Waals surface area contributed by atoms with Crippen molar-refractivity contribution >= 4 is 17.5 Å². The van der Waals surface area contributed by atoms with Crippen LogP contribution in [0.25, 0.3) is 0 Å². The fraction of sp³-hybridized carbons (Fsp3) is 0.160. The van der Waals surface area contributed by atoms with Gasteiger partial charge in [-0.15, -0.1) is 0 Å². The Morgan fingerprint density at radius 2 is 1.65 bits per heavy atom. The normalized spacial score (nSPS) is 17.1. The molecule has 0 fully saturated rings. The zero-order chi connectivity index (χ0) is 23.7. The molecule has 0 radical (unpaired) electrons. The number of nitro benzene ring substituents is 1. The lowest BCUT2D eigenvalue weighted by atomic mass is 9.91. The Balaban J connectivity index is 1.59. The maximum Gasteiger partial charge on any atom is 0.269 e. The number of anilines is 1. The van der Waals surface area contributed by atoms with E-state index in [1.807, 2.05) is 54.6 Å². The second kappa shape index (κ2) is 8.78. The summed E-state index contributed by atoms with van der Waals surface area (Å²) in [6.45, 7) is 0. The van der Waals surface area contributed by atoms with Crippen molar-refractivity contribution in [2.24, 2.45) is 0 Å². The van der Waals surface area contributed by atoms with E-state index in [1.165, 1.54) is 30.6 Å². The topological polar surface area (TPSA) is 103 Å². The van der Waals surface area contributed by atoms with Gasteiger partial charge in [-0.05, 0) is 41.8 Å². The molecule has 0 N–H and O–H groups in total. The zero-order valence-corrected chi connectivity index (χ0v) is 18.3. The molecule has 2 atom stereocenters. The smallest absolute Gasteiger partial charge is 0.269 e. The molecule has 170 valence electrons. The van der Waals surface area contributed by atoms with Crippen molar-refractivity contribution in [3.8, 4) is 5.75 Å². The summed E-state index contributed by atoms with van der Waals surface area (Å²) in [7, 11) is 1.62. The van der Waals surface area contributed by atoms with Gasteiger partial charge in [-0.2, -0.15) is 10.1 Å². The monoisotopic (exact) mass is 455 g/mol. The van der Waals surface area contributed by atoms with Gasteiger partial charge in [0.05, 0.1) is 24.1 Å². The van der Waals surface area contributed by atoms with Gasteiger partial charge >= 0.3 is 0 Å². The second-order valence-corrected chi connectivity index (χ2v) is 7.93. The summed E-state index contributed by atoms with van der Waals surface area (Å²) in [6, 6.07) is 22.7. The molecule has 1 aromatic heterocycles. The molecular formula is C25H21N5O4. The summed E-state index contributed by atoms with van der Waals surface area (Å²) in [5, 5.41) is 15.5. The van der Waals surface area contributed by atoms with Gasteiger partial charge in [-0.25, -0.2) is 4.68 Å². The van der Waals surface area contributed by atoms with E-state index in [-0.39, 0.29) is 23.7 Å². The summed E-state index contributed by atoms with van der Waals surface area (Å²) in [6.07, 6.45) is 2.01. The highest BCUT2D eigenvalue weighted by Crippen LogP contribution is 2.42. The number of rotatable bonds is 5. The van der Waals surface area contributed by atoms with Crippen LogP contribution in [0.5, 0.6) is 5.75 Å². The third kappa shape index (κ3) is 3.77. The Labute approximate surface area is 195 Å². The van der Waals surface area contributed by atoms with Gasteiger partial charge in [0.1, 0.15) is 12.1 Å². The van der Waals surface area contributed by atoms with E-state index in [1.54, 1.807) is 16.7 Å². The minimum absolute atomic E-state index is 0.0717. The Bertz CT molecular complexity index is 1320. The number of non-ortho nitro benzene ring substituents is 1. The zero-order valence-electron chi connectivity index (χ0n) is 18.3. The molecule has 9 heteroatoms. The number of carbonyl (C=O) groups excluding carboxylic acids is 1. The second-order valence-electron chi connectivity index (χ2n) is 7.93. The molecule has 0 saturated carbocycles. The lowest BCUT2D eigenvalue weighted by Gasteiger charge is -2.39. The van der Waals surface area contributed by atoms with Crippen LogP contribution in [0.1, 0.15) is 40.0 Å². The highest BCUT2D eigenvalue weighted by Gasteiger charge is 2.39. The number of amides is 1. The molecule has 1 aliphatic heterocycles. The van der Waals surface area contributed by atoms with Gasteiger partial charge in [0, 0.05) is 17.7 Å². The number of hydrogen-bond donors (Lipinski definition) is 0. The van der Waals surface area contributed by atoms with Crippen LogP contribution in [0, 0.1) is 10.1 Å². The molecule has 0 spiro atoms. The van der Waals surface area contributed by atoms with Crippen molar-refractivity contribution in [2.75, 3.05) is 12.0 Å². The van der Waals surface area contributed by atoms with Crippen LogP contribution in [0.2, 0.25) is 0 Å². The van der Waals surface area contributed by atoms with Crippen LogP contribution < -0.4 is 9.64 Å². The van der Waals surface area contributed by atoms with Crippen molar-refractivity contribution < 1.29 is 14.5 Å². The SMILES string of the molecule is COc1ccc([C@H]2C[C@@H](c3ccccc3)N(C(=O)c3ccc([N+](=O)[O-])cc3)c3ncnn32)cc1. The number of methoxy groups -OCH3 is 1. The maximum atomic E-state index is 13.7. The van der Waals surface area contributed by atoms with Gasteiger partial charge in [0.25, 0.3) is 11.6 Å². The molecule has 4 aromatic rings. The Kier molecular flexibility index (Phi) is 5.51. The number of benzene rings is 3. The minimum Gasteiger partial charge on any atom is -0.497 e. The largest absolute Gasteiger partial charge is 0.497 e. The third-order valence-corrected chi connectivity index (χ3v) is 6.05. The number of ether oxygens (including phenoxy) is 1. The Hall–Kier alpha value is -4.53. The van der Waals surface area contributed by atoms with E-state index in [4.69, 9.17) is 4.74 Å². The number of fused-ring (bicyclic) bond motifs is 1. The van der Waals surface area contributed by atoms with Crippen molar-refractivity contribution in [1.82, 2.24) is 14.8 Å². The molecule has 34 heavy (non-hydrogen) atoms. The minimum atomic E-state index is -0.488. The molecule has 3 aromatic carbocycles. The fourth-order valence-corrected chi connectivity index (χ4v) is 4.35. The van der Waals surface area contributed by atoms with E-state index in [9.17, 15) is 14.9 Å². The van der Waals surface area contributed by atoms with E-state index in [0.29, 0.717) is 17.9 Å². The number of aromatic nitrogens is 3. The van der Waals surface area contributed by atoms with Gasteiger partial charge in [-0.1, -0.05) is 42.5 Å². The lowest BCUT2D eigenvalue weighted by molar-refractivity contribution is -0.384. The molecule has 0 saturated heterocycles. The molecule has 1 aliphatic rings. The van der Waals surface area contributed by atoms with Crippen LogP contribution in [0.4, 0.5) is 11.6 Å². The number of carbonyl (C=O) groups is 1. The van der Waals surface area contributed by atoms with Crippen molar-refractivity contribution in [1.29, 1.82) is 0 Å². The molecule has 1 amide bonds. The number of hydrogen-bond acceptors (Lipinski definition) is 6. The fourth-order valence-electron chi connectivity index (χ4n) is 4.35. The number of nitrogens with zero attached hydrogens (tertiary/aromatic N) is 5. The molecule has 0 aliphatic carbocycles. The summed E-state index contributed by atoms with van der Waals surface area (Å²) >= 11 is 0. The van der Waals surface area contributed by atoms with Gasteiger partial charge in [0.15, 0.2) is 0 Å². The van der Waals surface area contributed by atoms with Gasteiger partial charge in [0.2, 0.25) is 5.95 Å². The Morgan fingerprint density at radius 3 is 2.29 bits per heavy atom. The van der Waals surface area contributed by atoms with E-state index in [0.717, 1.165) is 16.9 Å². The number of nitro groups is 1. The summed E-state index contributed by atoms with van der Waals surface area (Å²) in [5.41, 5.74) is 2.25. The van der Waals surface area contributed by atoms with Crippen molar-refractivity contribution in [3.63, 3.8) is 0 Å². The molecule has 5 rings (SSSR count). The summed E-state index contributed by atoms with van der Waals surface area (Å²) in [5.74, 6) is 0.878. The van der Waals surface area contributed by atoms with Crippen molar-refractivity contribution in [3.05, 3.63) is 112 Å². The molecule has 9 nitrogen and oxygen atoms in total. The van der Waals surface area contributed by atoms with Gasteiger partial charge < -0.3 is 4.74 Å². The summed E-state index contributed by atoms with van der Waals surface area (Å²) in [4.78, 5) is 30.3. The molecule has 2 heterocycles. The first kappa shape index (κ1) is 21.3. The van der Waals surface area contributed by atoms with Crippen LogP contribution in [0.3, 0.4) is 0 Å². The Morgan fingerprint density at radius 1 is 0.971 bits per heavy atom. The van der Waals surface area contributed by atoms with Crippen LogP contribution in [0.15, 0.2) is 85.2 Å². The lowest BCUT2D eigenvalue weighted by Crippen LogP contribution is -2.42. The predicted octanol–water partition coefficient (Wildman–Crippen LogP) is 4.58. The first-order chi connectivity index (χ1) is 16.6.